The van der Waals surface area contributed by atoms with E-state index < -0.39 is 0 Å². The number of halogens is 1. The van der Waals surface area contributed by atoms with Gasteiger partial charge in [0.05, 0.1) is 17.3 Å². The molecule has 1 aromatic heterocycles. The van der Waals surface area contributed by atoms with E-state index in [0.717, 1.165) is 26.9 Å². The van der Waals surface area contributed by atoms with Crippen molar-refractivity contribution in [3.8, 4) is 28.1 Å². The summed E-state index contributed by atoms with van der Waals surface area (Å²) in [7, 11) is 3.49. The zero-order chi connectivity index (χ0) is 18.0. The lowest BCUT2D eigenvalue weighted by Gasteiger charge is -2.14. The van der Waals surface area contributed by atoms with Gasteiger partial charge >= 0.3 is 0 Å². The van der Waals surface area contributed by atoms with Gasteiger partial charge in [0, 0.05) is 31.3 Å². The van der Waals surface area contributed by atoms with Crippen LogP contribution in [0.1, 0.15) is 6.92 Å². The van der Waals surface area contributed by atoms with Crippen LogP contribution in [0.3, 0.4) is 0 Å². The largest absolute Gasteiger partial charge is 0.494 e. The molecule has 0 aliphatic carbocycles. The van der Waals surface area contributed by atoms with Gasteiger partial charge in [0.15, 0.2) is 0 Å². The van der Waals surface area contributed by atoms with Gasteiger partial charge in [-0.15, -0.1) is 0 Å². The Bertz CT molecular complexity index is 934. The summed E-state index contributed by atoms with van der Waals surface area (Å²) in [5.74, 6) is 0.497. The number of para-hydroxylation sites is 1. The van der Waals surface area contributed by atoms with Gasteiger partial charge in [-0.05, 0) is 33.6 Å². The zero-order valence-electron chi connectivity index (χ0n) is 14.2. The van der Waals surface area contributed by atoms with Crippen molar-refractivity contribution < 1.29 is 9.53 Å². The lowest BCUT2D eigenvalue weighted by Crippen LogP contribution is -2.07. The highest BCUT2D eigenvalue weighted by Crippen LogP contribution is 2.38. The van der Waals surface area contributed by atoms with E-state index >= 15 is 0 Å². The van der Waals surface area contributed by atoms with Gasteiger partial charge in [0.25, 0.3) is 0 Å². The number of hydrogen-bond acceptors (Lipinski definition) is 3. The first-order valence-electron chi connectivity index (χ1n) is 7.74. The van der Waals surface area contributed by atoms with Crippen LogP contribution in [0.4, 0.5) is 5.69 Å². The number of carbonyl (C=O) groups is 1. The predicted molar refractivity (Wildman–Crippen MR) is 103 cm³/mol. The van der Waals surface area contributed by atoms with Gasteiger partial charge in [-0.1, -0.05) is 30.3 Å². The number of nitrogens with zero attached hydrogens (tertiary/aromatic N) is 2. The Balaban J connectivity index is 2.10. The minimum Gasteiger partial charge on any atom is -0.494 e. The topological polar surface area (TPSA) is 56.1 Å². The Labute approximate surface area is 154 Å². The average Bonchev–Trinajstić information content (AvgIpc) is 2.92. The second-order valence-corrected chi connectivity index (χ2v) is 6.50. The normalized spacial score (nSPS) is 10.6. The lowest BCUT2D eigenvalue weighted by molar-refractivity contribution is -0.114. The minimum atomic E-state index is -0.137. The van der Waals surface area contributed by atoms with E-state index in [1.54, 1.807) is 11.8 Å². The third-order valence-corrected chi connectivity index (χ3v) is 4.34. The minimum absolute atomic E-state index is 0.137. The van der Waals surface area contributed by atoms with Crippen LogP contribution in [0, 0.1) is 0 Å². The van der Waals surface area contributed by atoms with Crippen molar-refractivity contribution in [2.45, 2.75) is 6.92 Å². The maximum atomic E-state index is 11.4. The van der Waals surface area contributed by atoms with Crippen molar-refractivity contribution >= 4 is 27.5 Å². The molecule has 0 radical (unpaired) electrons. The maximum Gasteiger partial charge on any atom is 0.221 e. The quantitative estimate of drug-likeness (QED) is 0.703. The molecule has 2 aromatic carbocycles. The van der Waals surface area contributed by atoms with E-state index in [0.29, 0.717) is 11.4 Å². The van der Waals surface area contributed by atoms with E-state index in [4.69, 9.17) is 4.74 Å². The monoisotopic (exact) mass is 399 g/mol. The number of ether oxygens (including phenoxy) is 1. The second kappa shape index (κ2) is 7.11. The van der Waals surface area contributed by atoms with Crippen LogP contribution >= 0.6 is 15.9 Å². The molecule has 25 heavy (non-hydrogen) atoms. The Kier molecular flexibility index (Phi) is 4.90. The van der Waals surface area contributed by atoms with Gasteiger partial charge in [-0.2, -0.15) is 5.10 Å². The van der Waals surface area contributed by atoms with Crippen molar-refractivity contribution in [2.24, 2.45) is 7.05 Å². The number of anilines is 1. The van der Waals surface area contributed by atoms with E-state index in [1.165, 1.54) is 6.92 Å². The van der Waals surface area contributed by atoms with Gasteiger partial charge in [0.2, 0.25) is 5.91 Å². The summed E-state index contributed by atoms with van der Waals surface area (Å²) in [6, 6.07) is 13.8. The maximum absolute atomic E-state index is 11.4. The lowest BCUT2D eigenvalue weighted by atomic mass is 10.00. The van der Waals surface area contributed by atoms with Crippen molar-refractivity contribution in [3.05, 3.63) is 53.1 Å². The number of rotatable bonds is 4. The summed E-state index contributed by atoms with van der Waals surface area (Å²) in [5, 5.41) is 7.30. The third kappa shape index (κ3) is 3.58. The molecule has 1 amide bonds. The number of nitrogens with one attached hydrogen (secondary N) is 1. The molecule has 5 nitrogen and oxygen atoms in total. The molecule has 3 rings (SSSR count). The molecular formula is C19H18BrN3O2. The molecule has 0 aliphatic heterocycles. The van der Waals surface area contributed by atoms with Crippen molar-refractivity contribution in [1.29, 1.82) is 0 Å². The molecule has 0 atom stereocenters. The molecule has 1 heterocycles. The smallest absolute Gasteiger partial charge is 0.221 e. The molecule has 0 unspecified atom stereocenters. The molecule has 3 aromatic rings. The molecule has 0 bridgehead atoms. The predicted octanol–water partition coefficient (Wildman–Crippen LogP) is 4.48. The van der Waals surface area contributed by atoms with Crippen LogP contribution in [0.15, 0.2) is 53.1 Å². The van der Waals surface area contributed by atoms with Crippen molar-refractivity contribution in [1.82, 2.24) is 9.78 Å². The van der Waals surface area contributed by atoms with Crippen LogP contribution in [0.25, 0.3) is 22.4 Å². The molecule has 0 saturated heterocycles. The van der Waals surface area contributed by atoms with E-state index in [9.17, 15) is 4.79 Å². The van der Waals surface area contributed by atoms with E-state index in [-0.39, 0.29) is 5.91 Å². The molecule has 0 saturated carbocycles. The number of amides is 1. The average molecular weight is 400 g/mol. The third-order valence-electron chi connectivity index (χ3n) is 3.76. The molecule has 0 aliphatic rings. The summed E-state index contributed by atoms with van der Waals surface area (Å²) < 4.78 is 8.27. The Morgan fingerprint density at radius 3 is 2.56 bits per heavy atom. The Hall–Kier alpha value is -2.60. The number of methoxy groups -OCH3 is 1. The van der Waals surface area contributed by atoms with Crippen LogP contribution < -0.4 is 10.1 Å². The Morgan fingerprint density at radius 2 is 1.92 bits per heavy atom. The number of aryl methyl sites for hydroxylation is 1. The first-order chi connectivity index (χ1) is 12.0. The zero-order valence-corrected chi connectivity index (χ0v) is 15.8. The molecular weight excluding hydrogens is 382 g/mol. The summed E-state index contributed by atoms with van der Waals surface area (Å²) in [6.45, 7) is 1.48. The van der Waals surface area contributed by atoms with E-state index in [1.807, 2.05) is 49.6 Å². The van der Waals surface area contributed by atoms with Crippen molar-refractivity contribution in [2.75, 3.05) is 12.4 Å². The molecule has 0 fully saturated rings. The van der Waals surface area contributed by atoms with Crippen molar-refractivity contribution in [3.63, 3.8) is 0 Å². The van der Waals surface area contributed by atoms with Crippen LogP contribution in [-0.4, -0.2) is 22.8 Å². The summed E-state index contributed by atoms with van der Waals surface area (Å²) in [6.07, 6.45) is 1.92. The fraction of sp³-hybridized carbons (Fsp3) is 0.158. The second-order valence-electron chi connectivity index (χ2n) is 5.65. The highest BCUT2D eigenvalue weighted by atomic mass is 79.9. The van der Waals surface area contributed by atoms with Crippen LogP contribution in [0.2, 0.25) is 0 Å². The molecule has 0 spiro atoms. The highest BCUT2D eigenvalue weighted by Gasteiger charge is 2.14. The first kappa shape index (κ1) is 17.2. The van der Waals surface area contributed by atoms with Gasteiger partial charge in [0.1, 0.15) is 11.4 Å². The number of hydrogen-bond donors (Lipinski definition) is 1. The SMILES string of the molecule is COc1c(NC(C)=O)cccc1-c1cccc(-c2nn(C)cc2Br)c1. The molecule has 128 valence electrons. The van der Waals surface area contributed by atoms with Gasteiger partial charge in [-0.25, -0.2) is 0 Å². The summed E-state index contributed by atoms with van der Waals surface area (Å²) in [5.41, 5.74) is 4.41. The summed E-state index contributed by atoms with van der Waals surface area (Å²) in [4.78, 5) is 11.4. The first-order valence-corrected chi connectivity index (χ1v) is 8.53. The van der Waals surface area contributed by atoms with Crippen LogP contribution in [0.5, 0.6) is 5.75 Å². The number of aromatic nitrogens is 2. The number of benzene rings is 2. The fourth-order valence-corrected chi connectivity index (χ4v) is 3.37. The fourth-order valence-electron chi connectivity index (χ4n) is 2.76. The Morgan fingerprint density at radius 1 is 1.20 bits per heavy atom. The summed E-state index contributed by atoms with van der Waals surface area (Å²) >= 11 is 3.55. The van der Waals surface area contributed by atoms with Gasteiger partial charge in [-0.3, -0.25) is 9.48 Å². The van der Waals surface area contributed by atoms with E-state index in [2.05, 4.69) is 32.4 Å². The number of carbonyl (C=O) groups excluding carboxylic acids is 1. The highest BCUT2D eigenvalue weighted by molar-refractivity contribution is 9.10. The van der Waals surface area contributed by atoms with Crippen LogP contribution in [-0.2, 0) is 11.8 Å². The molecule has 1 N–H and O–H groups in total. The standard InChI is InChI=1S/C19H18BrN3O2/c1-12(24)21-17-9-5-8-15(19(17)25-3)13-6-4-7-14(10-13)18-16(20)11-23(2)22-18/h4-11H,1-3H3,(H,21,24). The molecule has 6 heteroatoms. The van der Waals surface area contributed by atoms with Gasteiger partial charge < -0.3 is 10.1 Å².